The number of anilines is 2. The van der Waals surface area contributed by atoms with E-state index in [-0.39, 0.29) is 12.0 Å². The molecule has 0 spiro atoms. The van der Waals surface area contributed by atoms with Crippen molar-refractivity contribution in [1.29, 1.82) is 0 Å². The summed E-state index contributed by atoms with van der Waals surface area (Å²) in [6.07, 6.45) is 5.45. The van der Waals surface area contributed by atoms with Crippen LogP contribution < -0.4 is 15.4 Å². The Kier molecular flexibility index (Phi) is 5.23. The predicted octanol–water partition coefficient (Wildman–Crippen LogP) is 1.30. The van der Waals surface area contributed by atoms with Crippen LogP contribution in [0.25, 0.3) is 0 Å². The highest BCUT2D eigenvalue weighted by Crippen LogP contribution is 2.29. The van der Waals surface area contributed by atoms with Gasteiger partial charge in [-0.05, 0) is 18.8 Å². The lowest BCUT2D eigenvalue weighted by molar-refractivity contribution is 0.463. The van der Waals surface area contributed by atoms with Gasteiger partial charge in [0.05, 0.1) is 6.26 Å². The lowest BCUT2D eigenvalue weighted by Gasteiger charge is -2.21. The molecule has 2 rings (SSSR count). The molecule has 0 amide bonds. The van der Waals surface area contributed by atoms with E-state index in [2.05, 4.69) is 25.3 Å². The molecular formula is C12H20ClN5O2S. The molecule has 7 nitrogen and oxygen atoms in total. The van der Waals surface area contributed by atoms with E-state index >= 15 is 0 Å². The molecule has 0 aliphatic heterocycles. The van der Waals surface area contributed by atoms with Crippen LogP contribution in [0, 0.1) is 5.92 Å². The zero-order valence-electron chi connectivity index (χ0n) is 12.1. The van der Waals surface area contributed by atoms with E-state index in [1.54, 1.807) is 7.05 Å². The fourth-order valence-electron chi connectivity index (χ4n) is 2.66. The van der Waals surface area contributed by atoms with Gasteiger partial charge in [-0.25, -0.2) is 23.1 Å². The number of sulfonamides is 1. The summed E-state index contributed by atoms with van der Waals surface area (Å²) in [6.45, 7) is 0.634. The summed E-state index contributed by atoms with van der Waals surface area (Å²) in [5.74, 6) is 0.862. The molecule has 1 aromatic rings. The normalized spacial score (nSPS) is 22.2. The Labute approximate surface area is 129 Å². The first kappa shape index (κ1) is 16.3. The molecule has 9 heteroatoms. The van der Waals surface area contributed by atoms with E-state index in [4.69, 9.17) is 11.6 Å². The molecule has 118 valence electrons. The van der Waals surface area contributed by atoms with E-state index in [1.807, 2.05) is 0 Å². The Bertz CT molecular complexity index is 595. The minimum atomic E-state index is -3.18. The molecule has 1 saturated carbocycles. The number of hydrogen-bond donors (Lipinski definition) is 3. The average Bonchev–Trinajstić information content (AvgIpc) is 2.81. The highest BCUT2D eigenvalue weighted by molar-refractivity contribution is 7.88. The van der Waals surface area contributed by atoms with Gasteiger partial charge in [-0.3, -0.25) is 0 Å². The minimum absolute atomic E-state index is 0.0251. The van der Waals surface area contributed by atoms with E-state index in [0.29, 0.717) is 23.2 Å². The number of hydrogen-bond acceptors (Lipinski definition) is 6. The summed E-state index contributed by atoms with van der Waals surface area (Å²) >= 11 is 6.00. The molecule has 2 atom stereocenters. The van der Waals surface area contributed by atoms with Crippen molar-refractivity contribution in [3.8, 4) is 0 Å². The predicted molar refractivity (Wildman–Crippen MR) is 84.2 cm³/mol. The van der Waals surface area contributed by atoms with Crippen LogP contribution in [0.15, 0.2) is 6.33 Å². The van der Waals surface area contributed by atoms with Gasteiger partial charge in [0.15, 0.2) is 11.0 Å². The van der Waals surface area contributed by atoms with Crippen LogP contribution in [-0.2, 0) is 10.0 Å². The quantitative estimate of drug-likeness (QED) is 0.679. The van der Waals surface area contributed by atoms with Crippen LogP contribution in [0.3, 0.4) is 0 Å². The highest BCUT2D eigenvalue weighted by atomic mass is 35.5. The fourth-order valence-corrected chi connectivity index (χ4v) is 3.75. The molecule has 1 aliphatic carbocycles. The van der Waals surface area contributed by atoms with Crippen molar-refractivity contribution in [2.45, 2.75) is 25.3 Å². The number of aromatic nitrogens is 2. The number of rotatable bonds is 6. The first-order valence-corrected chi connectivity index (χ1v) is 9.07. The summed E-state index contributed by atoms with van der Waals surface area (Å²) in [5, 5.41) is 6.54. The van der Waals surface area contributed by atoms with Crippen molar-refractivity contribution in [3.63, 3.8) is 0 Å². The van der Waals surface area contributed by atoms with Crippen LogP contribution in [0.5, 0.6) is 0 Å². The molecule has 0 saturated heterocycles. The second-order valence-electron chi connectivity index (χ2n) is 5.21. The molecule has 2 unspecified atom stereocenters. The third kappa shape index (κ3) is 4.42. The zero-order valence-corrected chi connectivity index (χ0v) is 13.6. The van der Waals surface area contributed by atoms with Crippen LogP contribution in [0.1, 0.15) is 19.3 Å². The summed E-state index contributed by atoms with van der Waals surface area (Å²) in [6, 6.07) is -0.0251. The highest BCUT2D eigenvalue weighted by Gasteiger charge is 2.29. The van der Waals surface area contributed by atoms with Gasteiger partial charge in [-0.2, -0.15) is 0 Å². The minimum Gasteiger partial charge on any atom is -0.383 e. The summed E-state index contributed by atoms with van der Waals surface area (Å²) in [5.41, 5.74) is 0.643. The largest absolute Gasteiger partial charge is 0.383 e. The van der Waals surface area contributed by atoms with Gasteiger partial charge >= 0.3 is 0 Å². The molecule has 0 aromatic carbocycles. The lowest BCUT2D eigenvalue weighted by Crippen LogP contribution is -2.39. The van der Waals surface area contributed by atoms with Gasteiger partial charge in [-0.15, -0.1) is 0 Å². The topological polar surface area (TPSA) is 96.0 Å². The number of halogens is 1. The Morgan fingerprint density at radius 1 is 1.38 bits per heavy atom. The fraction of sp³-hybridized carbons (Fsp3) is 0.667. The van der Waals surface area contributed by atoms with Crippen molar-refractivity contribution in [1.82, 2.24) is 14.7 Å². The molecule has 0 radical (unpaired) electrons. The second kappa shape index (κ2) is 6.76. The Morgan fingerprint density at radius 3 is 2.81 bits per heavy atom. The SMILES string of the molecule is CNc1c(Cl)ncnc1NCC1CCCC1NS(C)(=O)=O. The molecular weight excluding hydrogens is 314 g/mol. The third-order valence-corrected chi connectivity index (χ3v) is 4.62. The molecule has 0 bridgehead atoms. The first-order valence-electron chi connectivity index (χ1n) is 6.80. The van der Waals surface area contributed by atoms with Gasteiger partial charge in [0.25, 0.3) is 0 Å². The third-order valence-electron chi connectivity index (χ3n) is 3.61. The van der Waals surface area contributed by atoms with Gasteiger partial charge in [0.2, 0.25) is 10.0 Å². The Balaban J connectivity index is 2.01. The van der Waals surface area contributed by atoms with E-state index in [9.17, 15) is 8.42 Å². The van der Waals surface area contributed by atoms with Crippen LogP contribution in [-0.4, -0.2) is 44.3 Å². The molecule has 3 N–H and O–H groups in total. The van der Waals surface area contributed by atoms with Gasteiger partial charge < -0.3 is 10.6 Å². The molecule has 1 fully saturated rings. The number of nitrogens with one attached hydrogen (secondary N) is 3. The average molecular weight is 334 g/mol. The van der Waals surface area contributed by atoms with Gasteiger partial charge in [-0.1, -0.05) is 18.0 Å². The van der Waals surface area contributed by atoms with Gasteiger partial charge in [0.1, 0.15) is 12.0 Å². The summed E-state index contributed by atoms with van der Waals surface area (Å²) < 4.78 is 25.4. The van der Waals surface area contributed by atoms with Crippen molar-refractivity contribution < 1.29 is 8.42 Å². The van der Waals surface area contributed by atoms with Gasteiger partial charge in [0, 0.05) is 19.6 Å². The first-order chi connectivity index (χ1) is 9.90. The number of nitrogens with zero attached hydrogens (tertiary/aromatic N) is 2. The van der Waals surface area contributed by atoms with Crippen LogP contribution >= 0.6 is 11.6 Å². The molecule has 1 aromatic heterocycles. The van der Waals surface area contributed by atoms with Crippen LogP contribution in [0.4, 0.5) is 11.5 Å². The molecule has 21 heavy (non-hydrogen) atoms. The van der Waals surface area contributed by atoms with Crippen molar-refractivity contribution in [3.05, 3.63) is 11.5 Å². The monoisotopic (exact) mass is 333 g/mol. The van der Waals surface area contributed by atoms with Crippen molar-refractivity contribution in [2.24, 2.45) is 5.92 Å². The maximum atomic E-state index is 11.4. The van der Waals surface area contributed by atoms with E-state index in [0.717, 1.165) is 19.3 Å². The summed E-state index contributed by atoms with van der Waals surface area (Å²) in [4.78, 5) is 8.08. The van der Waals surface area contributed by atoms with Crippen molar-refractivity contribution in [2.75, 3.05) is 30.5 Å². The van der Waals surface area contributed by atoms with E-state index in [1.165, 1.54) is 12.6 Å². The maximum absolute atomic E-state index is 11.4. The van der Waals surface area contributed by atoms with Crippen LogP contribution in [0.2, 0.25) is 5.15 Å². The Hall–Kier alpha value is -1.12. The standard InChI is InChI=1S/C12H20ClN5O2S/c1-14-10-11(13)16-7-17-12(10)15-6-8-4-3-5-9(8)18-21(2,19)20/h7-9,14,18H,3-6H2,1-2H3,(H,15,16,17). The molecule has 1 heterocycles. The lowest BCUT2D eigenvalue weighted by atomic mass is 10.0. The Morgan fingerprint density at radius 2 is 2.14 bits per heavy atom. The zero-order chi connectivity index (χ0) is 15.5. The maximum Gasteiger partial charge on any atom is 0.208 e. The van der Waals surface area contributed by atoms with E-state index < -0.39 is 10.0 Å². The second-order valence-corrected chi connectivity index (χ2v) is 7.34. The smallest absolute Gasteiger partial charge is 0.208 e. The summed E-state index contributed by atoms with van der Waals surface area (Å²) in [7, 11) is -1.43. The molecule has 1 aliphatic rings. The van der Waals surface area contributed by atoms with Crippen molar-refractivity contribution >= 4 is 33.1 Å².